The van der Waals surface area contributed by atoms with Crippen molar-refractivity contribution >= 4 is 51.9 Å². The van der Waals surface area contributed by atoms with E-state index < -0.39 is 11.7 Å². The number of thiocarbonyl (C=S) groups is 1. The Morgan fingerprint density at radius 2 is 2.16 bits per heavy atom. The van der Waals surface area contributed by atoms with Crippen LogP contribution in [0.3, 0.4) is 0 Å². The molecule has 0 bridgehead atoms. The largest absolute Gasteiger partial charge is 0.347 e. The first-order chi connectivity index (χ1) is 8.86. The molecule has 1 aromatic rings. The molecule has 0 aromatic heterocycles. The van der Waals surface area contributed by atoms with Crippen molar-refractivity contribution in [2.75, 3.05) is 5.32 Å². The topological polar surface area (TPSA) is 52.9 Å². The molecule has 0 fully saturated rings. The van der Waals surface area contributed by atoms with Crippen LogP contribution in [0.5, 0.6) is 0 Å². The monoisotopic (exact) mass is 312 g/mol. The highest BCUT2D eigenvalue weighted by Gasteiger charge is 2.23. The molecule has 1 unspecified atom stereocenters. The van der Waals surface area contributed by atoms with Crippen LogP contribution >= 0.6 is 35.4 Å². The first-order valence-corrected chi connectivity index (χ1v) is 6.38. The lowest BCUT2D eigenvalue weighted by atomic mass is 10.0. The zero-order valence-corrected chi connectivity index (χ0v) is 12.4. The second kappa shape index (κ2) is 6.67. The summed E-state index contributed by atoms with van der Waals surface area (Å²) in [6, 6.07) is 6.64. The maximum Gasteiger partial charge on any atom is 0.182 e. The molecule has 0 aliphatic heterocycles. The number of Topliss-reactive ketones (excluding diaryl/α,β-unsaturated/α-hetero) is 1. The number of anilines is 1. The van der Waals surface area contributed by atoms with Crippen LogP contribution in [-0.4, -0.2) is 10.8 Å². The zero-order valence-electron chi connectivity index (χ0n) is 10.0. The summed E-state index contributed by atoms with van der Waals surface area (Å²) in [5.74, 6) is -1.48. The van der Waals surface area contributed by atoms with E-state index in [0.29, 0.717) is 15.7 Å². The zero-order chi connectivity index (χ0) is 14.6. The average molecular weight is 313 g/mol. The van der Waals surface area contributed by atoms with Crippen molar-refractivity contribution in [2.24, 2.45) is 5.92 Å². The Morgan fingerprint density at radius 3 is 2.63 bits per heavy atom. The van der Waals surface area contributed by atoms with Crippen LogP contribution in [0.15, 0.2) is 30.4 Å². The minimum absolute atomic E-state index is 0.0831. The quantitative estimate of drug-likeness (QED) is 0.674. The molecule has 0 saturated heterocycles. The number of carbonyl (C=O) groups excluding carboxylic acids is 1. The molecule has 19 heavy (non-hydrogen) atoms. The third-order valence-corrected chi connectivity index (χ3v) is 3.15. The van der Waals surface area contributed by atoms with Crippen LogP contribution in [0, 0.1) is 17.2 Å². The molecule has 3 nitrogen and oxygen atoms in total. The number of nitrogens with zero attached hydrogens (tertiary/aromatic N) is 1. The fraction of sp³-hybridized carbons (Fsp3) is 0.154. The van der Waals surface area contributed by atoms with E-state index in [-0.39, 0.29) is 10.6 Å². The van der Waals surface area contributed by atoms with E-state index >= 15 is 0 Å². The molecule has 1 rings (SSSR count). The lowest BCUT2D eigenvalue weighted by Crippen LogP contribution is -2.27. The van der Waals surface area contributed by atoms with E-state index in [0.717, 1.165) is 0 Å². The van der Waals surface area contributed by atoms with Gasteiger partial charge in [-0.25, -0.2) is 0 Å². The van der Waals surface area contributed by atoms with Gasteiger partial charge < -0.3 is 5.32 Å². The van der Waals surface area contributed by atoms with Gasteiger partial charge in [0, 0.05) is 5.02 Å². The fourth-order valence-corrected chi connectivity index (χ4v) is 2.00. The highest BCUT2D eigenvalue weighted by Crippen LogP contribution is 2.26. The molecule has 0 radical (unpaired) electrons. The number of halogens is 2. The highest BCUT2D eigenvalue weighted by atomic mass is 35.5. The minimum atomic E-state index is -1.07. The molecule has 0 amide bonds. The molecular formula is C13H10Cl2N2OS. The third-order valence-electron chi connectivity index (χ3n) is 2.26. The van der Waals surface area contributed by atoms with Crippen LogP contribution in [0.1, 0.15) is 6.92 Å². The van der Waals surface area contributed by atoms with Gasteiger partial charge in [0.2, 0.25) is 0 Å². The Bertz CT molecular complexity index is 593. The van der Waals surface area contributed by atoms with E-state index in [1.54, 1.807) is 12.1 Å². The summed E-state index contributed by atoms with van der Waals surface area (Å²) >= 11 is 16.8. The van der Waals surface area contributed by atoms with E-state index in [1.165, 1.54) is 13.0 Å². The molecular weight excluding hydrogens is 303 g/mol. The molecule has 98 valence electrons. The van der Waals surface area contributed by atoms with Crippen molar-refractivity contribution in [3.05, 3.63) is 40.4 Å². The molecule has 1 atom stereocenters. The van der Waals surface area contributed by atoms with Crippen molar-refractivity contribution < 1.29 is 4.79 Å². The van der Waals surface area contributed by atoms with E-state index in [1.807, 2.05) is 6.07 Å². The number of carbonyl (C=O) groups is 1. The first kappa shape index (κ1) is 15.6. The second-order valence-electron chi connectivity index (χ2n) is 3.82. The van der Waals surface area contributed by atoms with Crippen molar-refractivity contribution in [2.45, 2.75) is 6.92 Å². The van der Waals surface area contributed by atoms with Crippen molar-refractivity contribution in [3.63, 3.8) is 0 Å². The van der Waals surface area contributed by atoms with Crippen LogP contribution in [0.4, 0.5) is 5.69 Å². The van der Waals surface area contributed by atoms with Crippen molar-refractivity contribution in [1.29, 1.82) is 5.26 Å². The Hall–Kier alpha value is -1.41. The summed E-state index contributed by atoms with van der Waals surface area (Å²) in [6.45, 7) is 5.04. The number of allylic oxidation sites excluding steroid dienone is 1. The molecule has 0 spiro atoms. The maximum absolute atomic E-state index is 11.7. The van der Waals surface area contributed by atoms with Crippen LogP contribution in [-0.2, 0) is 4.79 Å². The number of hydrogen-bond donors (Lipinski definition) is 1. The highest BCUT2D eigenvalue weighted by molar-refractivity contribution is 7.80. The Labute approximate surface area is 126 Å². The van der Waals surface area contributed by atoms with Crippen LogP contribution in [0.2, 0.25) is 10.0 Å². The summed E-state index contributed by atoms with van der Waals surface area (Å²) < 4.78 is 0. The molecule has 0 aliphatic rings. The third kappa shape index (κ3) is 4.03. The van der Waals surface area contributed by atoms with Gasteiger partial charge in [-0.1, -0.05) is 42.0 Å². The lowest BCUT2D eigenvalue weighted by Gasteiger charge is -2.13. The summed E-state index contributed by atoms with van der Waals surface area (Å²) in [5, 5.41) is 12.6. The predicted octanol–water partition coefficient (Wildman–Crippen LogP) is 4.02. The summed E-state index contributed by atoms with van der Waals surface area (Å²) in [5.41, 5.74) is 0.767. The minimum Gasteiger partial charge on any atom is -0.347 e. The maximum atomic E-state index is 11.7. The number of nitriles is 1. The molecule has 0 heterocycles. The van der Waals surface area contributed by atoms with Crippen LogP contribution in [0.25, 0.3) is 0 Å². The Balaban J connectivity index is 2.93. The SMILES string of the molecule is C=C(C)C(=O)C(C#N)C(=S)Nc1ccc(Cl)cc1Cl. The average Bonchev–Trinajstić information content (AvgIpc) is 2.33. The van der Waals surface area contributed by atoms with Gasteiger partial charge in [-0.3, -0.25) is 4.79 Å². The normalized spacial score (nSPS) is 11.3. The van der Waals surface area contributed by atoms with Gasteiger partial charge in [0.25, 0.3) is 0 Å². The van der Waals surface area contributed by atoms with Gasteiger partial charge in [0.1, 0.15) is 4.99 Å². The number of nitrogens with one attached hydrogen (secondary N) is 1. The molecule has 6 heteroatoms. The van der Waals surface area contributed by atoms with Gasteiger partial charge in [0.15, 0.2) is 11.7 Å². The number of hydrogen-bond acceptors (Lipinski definition) is 3. The molecule has 1 N–H and O–H groups in total. The van der Waals surface area contributed by atoms with Gasteiger partial charge >= 0.3 is 0 Å². The lowest BCUT2D eigenvalue weighted by molar-refractivity contribution is -0.116. The standard InChI is InChI=1S/C13H10Cl2N2OS/c1-7(2)12(18)9(6-16)13(19)17-11-4-3-8(14)5-10(11)15/h3-5,9H,1H2,2H3,(H,17,19). The Kier molecular flexibility index (Phi) is 5.49. The molecule has 1 aromatic carbocycles. The smallest absolute Gasteiger partial charge is 0.182 e. The van der Waals surface area contributed by atoms with Crippen molar-refractivity contribution in [3.8, 4) is 6.07 Å². The number of rotatable bonds is 4. The van der Waals surface area contributed by atoms with E-state index in [4.69, 9.17) is 40.7 Å². The van der Waals surface area contributed by atoms with Gasteiger partial charge in [-0.15, -0.1) is 0 Å². The first-order valence-electron chi connectivity index (χ1n) is 5.22. The van der Waals surface area contributed by atoms with Gasteiger partial charge in [-0.2, -0.15) is 5.26 Å². The summed E-state index contributed by atoms with van der Waals surface area (Å²) in [4.78, 5) is 11.8. The predicted molar refractivity (Wildman–Crippen MR) is 81.6 cm³/mol. The van der Waals surface area contributed by atoms with E-state index in [2.05, 4.69) is 11.9 Å². The number of benzene rings is 1. The second-order valence-corrected chi connectivity index (χ2v) is 5.10. The summed E-state index contributed by atoms with van der Waals surface area (Å²) in [7, 11) is 0. The number of ketones is 1. The van der Waals surface area contributed by atoms with Gasteiger partial charge in [0.05, 0.1) is 16.8 Å². The van der Waals surface area contributed by atoms with Crippen LogP contribution < -0.4 is 5.32 Å². The summed E-state index contributed by atoms with van der Waals surface area (Å²) in [6.07, 6.45) is 0. The fourth-order valence-electron chi connectivity index (χ4n) is 1.28. The van der Waals surface area contributed by atoms with Crippen molar-refractivity contribution in [1.82, 2.24) is 0 Å². The molecule has 0 aliphatic carbocycles. The molecule has 0 saturated carbocycles. The Morgan fingerprint density at radius 1 is 1.53 bits per heavy atom. The van der Waals surface area contributed by atoms with E-state index in [9.17, 15) is 4.79 Å². The van der Waals surface area contributed by atoms with Gasteiger partial charge in [-0.05, 0) is 30.7 Å².